The lowest BCUT2D eigenvalue weighted by Crippen LogP contribution is -2.24. The lowest BCUT2D eigenvalue weighted by molar-refractivity contribution is -0.122. The third-order valence-electron chi connectivity index (χ3n) is 2.32. The number of carbonyl (C=O) groups excluding carboxylic acids is 2. The molecule has 1 aliphatic rings. The Hall–Kier alpha value is -2.39. The monoisotopic (exact) mass is 271 g/mol. The highest BCUT2D eigenvalue weighted by molar-refractivity contribution is 8.15. The Labute approximate surface area is 114 Å². The van der Waals surface area contributed by atoms with Crippen LogP contribution in [0.1, 0.15) is 10.4 Å². The molecule has 0 radical (unpaired) electrons. The van der Waals surface area contributed by atoms with Crippen molar-refractivity contribution in [3.63, 3.8) is 0 Å². The van der Waals surface area contributed by atoms with Gasteiger partial charge < -0.3 is 0 Å². The van der Waals surface area contributed by atoms with E-state index in [9.17, 15) is 9.59 Å². The van der Waals surface area contributed by atoms with Gasteiger partial charge in [0.1, 0.15) is 0 Å². The summed E-state index contributed by atoms with van der Waals surface area (Å²) in [6, 6.07) is 10.4. The summed E-state index contributed by atoms with van der Waals surface area (Å²) < 4.78 is 0. The molecule has 1 aromatic carbocycles. The van der Waals surface area contributed by atoms with E-state index in [1.165, 1.54) is 28.9 Å². The second-order valence-corrected chi connectivity index (χ2v) is 4.51. The van der Waals surface area contributed by atoms with Gasteiger partial charge >= 0.3 is 0 Å². The molecule has 1 saturated heterocycles. The summed E-state index contributed by atoms with van der Waals surface area (Å²) in [6.45, 7) is 0. The van der Waals surface area contributed by atoms with Crippen LogP contribution in [0.2, 0.25) is 0 Å². The minimum atomic E-state index is -0.409. The van der Waals surface area contributed by atoms with Crippen LogP contribution in [0.3, 0.4) is 0 Å². The molecule has 1 heterocycles. The summed E-state index contributed by atoms with van der Waals surface area (Å²) in [5.74, 6) is -0.388. The Balaban J connectivity index is 2.23. The molecule has 0 aliphatic carbocycles. The van der Waals surface area contributed by atoms with E-state index >= 15 is 0 Å². The third kappa shape index (κ3) is 3.09. The highest BCUT2D eigenvalue weighted by Crippen LogP contribution is 2.20. The fraction of sp³-hybridized carbons (Fsp3) is 0.0769. The second-order valence-electron chi connectivity index (χ2n) is 3.56. The molecule has 0 bridgehead atoms. The van der Waals surface area contributed by atoms with E-state index in [0.717, 1.165) is 0 Å². The molecule has 2 rings (SSSR count). The van der Waals surface area contributed by atoms with Crippen LogP contribution in [-0.4, -0.2) is 27.6 Å². The lowest BCUT2D eigenvalue weighted by atomic mass is 10.2. The van der Waals surface area contributed by atoms with Crippen molar-refractivity contribution in [1.29, 1.82) is 5.26 Å². The van der Waals surface area contributed by atoms with Crippen LogP contribution in [0.15, 0.2) is 47.6 Å². The number of benzene rings is 1. The van der Waals surface area contributed by atoms with E-state index in [1.807, 2.05) is 0 Å². The maximum Gasteiger partial charge on any atom is 0.279 e. The van der Waals surface area contributed by atoms with Gasteiger partial charge in [-0.15, -0.1) is 0 Å². The first-order valence-corrected chi connectivity index (χ1v) is 6.40. The maximum absolute atomic E-state index is 11.9. The largest absolute Gasteiger partial charge is 0.279 e. The van der Waals surface area contributed by atoms with E-state index in [0.29, 0.717) is 10.7 Å². The van der Waals surface area contributed by atoms with Crippen molar-refractivity contribution in [3.8, 4) is 6.07 Å². The van der Waals surface area contributed by atoms with Crippen molar-refractivity contribution in [2.24, 2.45) is 4.99 Å². The minimum absolute atomic E-state index is 0.198. The van der Waals surface area contributed by atoms with E-state index < -0.39 is 5.91 Å². The predicted octanol–water partition coefficient (Wildman–Crippen LogP) is 1.80. The van der Waals surface area contributed by atoms with E-state index in [-0.39, 0.29) is 11.7 Å². The van der Waals surface area contributed by atoms with Crippen LogP contribution in [-0.2, 0) is 4.79 Å². The Bertz CT molecular complexity index is 602. The van der Waals surface area contributed by atoms with Gasteiger partial charge in [-0.2, -0.15) is 10.3 Å². The zero-order valence-corrected chi connectivity index (χ0v) is 10.6. The van der Waals surface area contributed by atoms with E-state index in [1.54, 1.807) is 36.4 Å². The molecular formula is C13H9N3O2S. The highest BCUT2D eigenvalue weighted by atomic mass is 32.2. The number of hydrogen-bond donors (Lipinski definition) is 0. The van der Waals surface area contributed by atoms with Crippen LogP contribution >= 0.6 is 11.8 Å². The minimum Gasteiger partial charge on any atom is -0.273 e. The zero-order chi connectivity index (χ0) is 13.7. The van der Waals surface area contributed by atoms with Gasteiger partial charge in [0.2, 0.25) is 5.91 Å². The number of hydrogen-bond acceptors (Lipinski definition) is 4. The van der Waals surface area contributed by atoms with E-state index in [2.05, 4.69) is 4.99 Å². The number of amidine groups is 1. The Morgan fingerprint density at radius 2 is 2.16 bits per heavy atom. The first-order valence-electron chi connectivity index (χ1n) is 5.41. The summed E-state index contributed by atoms with van der Waals surface area (Å²) in [5.41, 5.74) is 0.458. The number of allylic oxidation sites excluding steroid dienone is 1. The zero-order valence-electron chi connectivity index (χ0n) is 9.81. The average Bonchev–Trinajstić information content (AvgIpc) is 2.78. The standard InChI is InChI=1S/C13H9N3O2S/c14-7-4-8-16-11(17)9-19-13(16)15-12(18)10-5-2-1-3-6-10/h1-6,8H,9H2/b8-4-,15-13?. The number of aliphatic imine (C=N–C) groups is 1. The fourth-order valence-electron chi connectivity index (χ4n) is 1.45. The molecule has 5 nitrogen and oxygen atoms in total. The molecule has 0 saturated carbocycles. The molecule has 1 aliphatic heterocycles. The van der Waals surface area contributed by atoms with Crippen LogP contribution in [0.4, 0.5) is 0 Å². The Morgan fingerprint density at radius 3 is 2.84 bits per heavy atom. The molecule has 19 heavy (non-hydrogen) atoms. The smallest absolute Gasteiger partial charge is 0.273 e. The van der Waals surface area contributed by atoms with Crippen LogP contribution < -0.4 is 0 Å². The molecule has 0 spiro atoms. The summed E-state index contributed by atoms with van der Waals surface area (Å²) in [5, 5.41) is 8.77. The molecule has 2 amide bonds. The molecule has 0 N–H and O–H groups in total. The summed E-state index contributed by atoms with van der Waals surface area (Å²) in [4.78, 5) is 28.6. The molecule has 1 fully saturated rings. The molecule has 0 atom stereocenters. The lowest BCUT2D eigenvalue weighted by Gasteiger charge is -2.08. The molecule has 0 aromatic heterocycles. The number of nitriles is 1. The van der Waals surface area contributed by atoms with Crippen molar-refractivity contribution < 1.29 is 9.59 Å². The van der Waals surface area contributed by atoms with Crippen molar-refractivity contribution in [1.82, 2.24) is 4.90 Å². The highest BCUT2D eigenvalue weighted by Gasteiger charge is 2.27. The summed E-state index contributed by atoms with van der Waals surface area (Å²) in [7, 11) is 0. The SMILES string of the molecule is N#C/C=C\N1C(=O)CSC1=NC(=O)c1ccccc1. The first kappa shape index (κ1) is 13.1. The van der Waals surface area contributed by atoms with Gasteiger partial charge in [-0.3, -0.25) is 14.5 Å². The van der Waals surface area contributed by atoms with Crippen molar-refractivity contribution >= 4 is 28.7 Å². The van der Waals surface area contributed by atoms with E-state index in [4.69, 9.17) is 5.26 Å². The number of rotatable bonds is 2. The van der Waals surface area contributed by atoms with Gasteiger partial charge in [0.15, 0.2) is 5.17 Å². The Morgan fingerprint density at radius 1 is 1.42 bits per heavy atom. The van der Waals surface area contributed by atoms with Gasteiger partial charge in [-0.25, -0.2) is 0 Å². The van der Waals surface area contributed by atoms with Crippen LogP contribution in [0, 0.1) is 11.3 Å². The van der Waals surface area contributed by atoms with Gasteiger partial charge in [0.05, 0.1) is 11.8 Å². The quantitative estimate of drug-likeness (QED) is 0.769. The van der Waals surface area contributed by atoms with Gasteiger partial charge in [-0.05, 0) is 12.1 Å². The van der Waals surface area contributed by atoms with Crippen LogP contribution in [0.5, 0.6) is 0 Å². The topological polar surface area (TPSA) is 73.5 Å². The molecular weight excluding hydrogens is 262 g/mol. The molecule has 6 heteroatoms. The Kier molecular flexibility index (Phi) is 4.11. The maximum atomic E-state index is 11.9. The van der Waals surface area contributed by atoms with Gasteiger partial charge in [0, 0.05) is 17.8 Å². The number of carbonyl (C=O) groups is 2. The predicted molar refractivity (Wildman–Crippen MR) is 72.3 cm³/mol. The van der Waals surface area contributed by atoms with Crippen molar-refractivity contribution in [2.45, 2.75) is 0 Å². The second kappa shape index (κ2) is 5.98. The fourth-order valence-corrected chi connectivity index (χ4v) is 2.29. The van der Waals surface area contributed by atoms with Crippen LogP contribution in [0.25, 0.3) is 0 Å². The number of amides is 2. The first-order chi connectivity index (χ1) is 9.22. The summed E-state index contributed by atoms with van der Waals surface area (Å²) >= 11 is 1.18. The van der Waals surface area contributed by atoms with Gasteiger partial charge in [-0.1, -0.05) is 30.0 Å². The average molecular weight is 271 g/mol. The molecule has 1 aromatic rings. The third-order valence-corrected chi connectivity index (χ3v) is 3.25. The molecule has 0 unspecified atom stereocenters. The number of nitrogens with zero attached hydrogens (tertiary/aromatic N) is 3. The van der Waals surface area contributed by atoms with Crippen molar-refractivity contribution in [3.05, 3.63) is 48.2 Å². The summed E-state index contributed by atoms with van der Waals surface area (Å²) in [6.07, 6.45) is 2.49. The molecule has 94 valence electrons. The normalized spacial score (nSPS) is 17.1. The van der Waals surface area contributed by atoms with Gasteiger partial charge in [0.25, 0.3) is 5.91 Å². The van der Waals surface area contributed by atoms with Crippen molar-refractivity contribution in [2.75, 3.05) is 5.75 Å². The number of thioether (sulfide) groups is 1.